The van der Waals surface area contributed by atoms with E-state index in [1.165, 1.54) is 0 Å². The van der Waals surface area contributed by atoms with E-state index in [1.54, 1.807) is 0 Å². The molecule has 0 fully saturated rings. The van der Waals surface area contributed by atoms with E-state index in [9.17, 15) is 0 Å². The van der Waals surface area contributed by atoms with Crippen LogP contribution in [-0.4, -0.2) is 256 Å². The van der Waals surface area contributed by atoms with Crippen LogP contribution in [0.5, 0.6) is 0 Å². The maximum absolute atomic E-state index is 6.53. The van der Waals surface area contributed by atoms with Gasteiger partial charge in [0.05, 0.1) is 0 Å². The number of rotatable bonds is 16. The quantitative estimate of drug-likeness (QED) is 0.230. The lowest BCUT2D eigenvalue weighted by Gasteiger charge is -2.56. The minimum Gasteiger partial charge on any atom is -0.729 e. The van der Waals surface area contributed by atoms with Crippen LogP contribution in [0.15, 0.2) is 0 Å². The zero-order valence-corrected chi connectivity index (χ0v) is 20.8. The zero-order chi connectivity index (χ0) is 28.8. The lowest BCUT2D eigenvalue weighted by atomic mass is 8.29. The molecule has 0 nitrogen and oxygen atoms in total. The lowest BCUT2D eigenvalue weighted by Crippen LogP contribution is -2.91. The highest BCUT2D eigenvalue weighted by molar-refractivity contribution is 8.30. The van der Waals surface area contributed by atoms with Crippen molar-refractivity contribution in [2.24, 2.45) is 0 Å². The van der Waals surface area contributed by atoms with Crippen molar-refractivity contribution in [2.75, 3.05) is 0 Å². The highest BCUT2D eigenvalue weighted by Crippen LogP contribution is 2.17. The van der Waals surface area contributed by atoms with E-state index in [0.29, 0.717) is 0 Å². The van der Waals surface area contributed by atoms with Gasteiger partial charge in [0.1, 0.15) is 0 Å². The van der Waals surface area contributed by atoms with Crippen LogP contribution >= 0.6 is 0 Å². The molecule has 36 heteroatoms. The molecule has 110 valence electrons. The summed E-state index contributed by atoms with van der Waals surface area (Å²) in [6.07, 6.45) is -18.3. The fraction of sp³-hybridized carbons (Fsp3) is 0. The fourth-order valence-electron chi connectivity index (χ4n) is 5.65. The average molecular weight is 389 g/mol. The minimum atomic E-state index is -1.17. The molecule has 0 aliphatic heterocycles. The van der Waals surface area contributed by atoms with Gasteiger partial charge in [-0.25, -0.2) is 0 Å². The first kappa shape index (κ1) is 38.3. The summed E-state index contributed by atoms with van der Waals surface area (Å²) in [6.45, 7) is 0. The third-order valence-corrected chi connectivity index (χ3v) is 7.11. The van der Waals surface area contributed by atoms with Crippen molar-refractivity contribution in [3.63, 3.8) is 0 Å². The van der Waals surface area contributed by atoms with Gasteiger partial charge in [0.25, 0.3) is 0 Å². The van der Waals surface area contributed by atoms with E-state index in [2.05, 4.69) is 0 Å². The summed E-state index contributed by atoms with van der Waals surface area (Å²) in [5.41, 5.74) is 0. The third kappa shape index (κ3) is 10.3. The Kier molecular flexibility index (Phi) is 18.5. The molecule has 0 aromatic rings. The molecule has 0 N–H and O–H groups in total. The Morgan fingerprint density at radius 1 is 0.250 bits per heavy atom. The van der Waals surface area contributed by atoms with Gasteiger partial charge in [-0.05, 0) is 227 Å². The van der Waals surface area contributed by atoms with E-state index in [1.807, 2.05) is 0 Å². The van der Waals surface area contributed by atoms with Crippen molar-refractivity contribution in [1.82, 2.24) is 0 Å². The van der Waals surface area contributed by atoms with Crippen LogP contribution < -0.4 is 0 Å². The molecule has 36 heavy (non-hydrogen) atoms. The van der Waals surface area contributed by atoms with Gasteiger partial charge in [0.2, 0.25) is 0 Å². The van der Waals surface area contributed by atoms with Gasteiger partial charge in [0.15, 0.2) is 0 Å². The van der Waals surface area contributed by atoms with Crippen LogP contribution in [0.2, 0.25) is 0 Å². The minimum absolute atomic E-state index is 0.964. The first-order valence-corrected chi connectivity index (χ1v) is 11.7. The van der Waals surface area contributed by atoms with Crippen molar-refractivity contribution >= 4 is 256 Å². The zero-order valence-electron chi connectivity index (χ0n) is 20.8. The van der Waals surface area contributed by atoms with Crippen molar-refractivity contribution in [3.05, 3.63) is 0 Å². The van der Waals surface area contributed by atoms with Crippen molar-refractivity contribution < 1.29 is 0 Å². The fourth-order valence-corrected chi connectivity index (χ4v) is 5.65. The second-order valence-corrected chi connectivity index (χ2v) is 9.81. The summed E-state index contributed by atoms with van der Waals surface area (Å²) in [5, 5.41) is 0. The first-order chi connectivity index (χ1) is 16.3. The summed E-state index contributed by atoms with van der Waals surface area (Å²) in [6, 6.07) is 0. The Morgan fingerprint density at radius 2 is 0.417 bits per heavy atom. The van der Waals surface area contributed by atoms with E-state index < -0.39 is 109 Å². The van der Waals surface area contributed by atoms with Gasteiger partial charge in [-0.2, -0.15) is 0 Å². The molecule has 0 aromatic carbocycles. The molecule has 0 heterocycles. The smallest absolute Gasteiger partial charge is 0.000000000000163 e. The normalized spacial score (nSPS) is 9.61. The molecule has 0 bridgehead atoms. The summed E-state index contributed by atoms with van der Waals surface area (Å²) in [5.74, 6) is 0. The molecule has 0 saturated heterocycles. The summed E-state index contributed by atoms with van der Waals surface area (Å²) in [7, 11) is 117. The highest BCUT2D eigenvalue weighted by Gasteiger charge is 2.54. The van der Waals surface area contributed by atoms with Gasteiger partial charge in [0, 0.05) is 0 Å². The molecule has 0 unspecified atom stereocenters. The van der Waals surface area contributed by atoms with Gasteiger partial charge in [-0.15, -0.1) is 0 Å². The predicted octanol–water partition coefficient (Wildman–Crippen LogP) is -13.7. The van der Waals surface area contributed by atoms with Crippen LogP contribution in [-0.2, 0) is 0 Å². The molecule has 0 saturated carbocycles. The van der Waals surface area contributed by atoms with Crippen LogP contribution in [0.3, 0.4) is 0 Å². The Labute approximate surface area is 254 Å². The third-order valence-electron chi connectivity index (χ3n) is 7.11. The Hall–Kier alpha value is 2.34. The molecular weight excluding hydrogens is 389 g/mol. The largest absolute Gasteiger partial charge is 0.729 e. The van der Waals surface area contributed by atoms with Crippen molar-refractivity contribution in [2.45, 2.75) is 0 Å². The molecule has 0 spiro atoms. The maximum atomic E-state index is 6.53. The van der Waals surface area contributed by atoms with Crippen LogP contribution in [0.1, 0.15) is 0 Å². The second kappa shape index (κ2) is 17.3. The Morgan fingerprint density at radius 3 is 0.583 bits per heavy atom. The van der Waals surface area contributed by atoms with Crippen LogP contribution in [0.25, 0.3) is 0 Å². The lowest BCUT2D eigenvalue weighted by molar-refractivity contribution is 3.23. The van der Waals surface area contributed by atoms with E-state index >= 15 is 0 Å². The number of hydrogen-bond donors (Lipinski definition) is 0. The Bertz CT molecular complexity index is 509. The molecule has 0 aliphatic rings. The maximum Gasteiger partial charge on any atom is -0.000000000000163 e. The average Bonchev–Trinajstić information content (AvgIpc) is 2.66. The van der Waals surface area contributed by atoms with Crippen molar-refractivity contribution in [3.8, 4) is 0 Å². The monoisotopic (exact) mass is 396 g/mol. The van der Waals surface area contributed by atoms with Gasteiger partial charge >= 0.3 is 0 Å². The first-order valence-electron chi connectivity index (χ1n) is 11.7. The highest BCUT2D eigenvalue weighted by atomic mass is 13.4. The van der Waals surface area contributed by atoms with Crippen molar-refractivity contribution in [1.29, 1.82) is 0 Å². The van der Waals surface area contributed by atoms with Crippen LogP contribution in [0, 0.1) is 0 Å². The van der Waals surface area contributed by atoms with Gasteiger partial charge in [-0.3, -0.25) is 0 Å². The second-order valence-electron chi connectivity index (χ2n) is 9.81. The van der Waals surface area contributed by atoms with E-state index in [4.69, 9.17) is 147 Å². The van der Waals surface area contributed by atoms with Gasteiger partial charge in [-0.1, -0.05) is 6.39 Å². The molecule has 0 aliphatic carbocycles. The topological polar surface area (TPSA) is 0 Å². The molecular formula is B36-2. The molecule has 0 aromatic heterocycles. The van der Waals surface area contributed by atoms with E-state index in [-0.39, 0.29) is 0 Å². The predicted molar refractivity (Wildman–Crippen MR) is 207 cm³/mol. The molecule has 40 radical (unpaired) electrons. The summed E-state index contributed by atoms with van der Waals surface area (Å²) >= 11 is 0. The summed E-state index contributed by atoms with van der Waals surface area (Å²) < 4.78 is 0. The number of hydrogen-bond acceptors (Lipinski definition) is 0. The van der Waals surface area contributed by atoms with Crippen LogP contribution in [0.4, 0.5) is 0 Å². The molecule has 0 amide bonds. The Balaban J connectivity index is 7.84. The van der Waals surface area contributed by atoms with E-state index in [0.717, 1.165) is 0 Å². The standard InChI is InChI=1S/B36/c1-20(2)29(19)34(30(21(3)4)22(5)6)36(33(27(15)16)28(17)18)35(31(23(7)8)24(9)10)32(25(11)12)26(13)14/q-2. The van der Waals surface area contributed by atoms with Gasteiger partial charge < -0.3 is 21.9 Å². The molecule has 0 rings (SSSR count). The SMILES string of the molecule is [B]B([B])B(B([B])[B])B(B([B])B([B-])[B-])B(B(B([B])[B])B([B])[B])B(B(B([B])[B])B([B])[B])B(B([B])[B])B([B])[B]. The summed E-state index contributed by atoms with van der Waals surface area (Å²) in [4.78, 5) is 0. The molecule has 0 atom stereocenters.